The summed E-state index contributed by atoms with van der Waals surface area (Å²) in [6.07, 6.45) is 2.06. The maximum absolute atomic E-state index is 12.8. The predicted molar refractivity (Wildman–Crippen MR) is 97.9 cm³/mol. The molecule has 1 aromatic heterocycles. The van der Waals surface area contributed by atoms with E-state index in [-0.39, 0.29) is 24.2 Å². The second-order valence-electron chi connectivity index (χ2n) is 6.29. The third-order valence-corrected chi connectivity index (χ3v) is 6.00. The van der Waals surface area contributed by atoms with Crippen LogP contribution < -0.4 is 15.2 Å². The average molecular weight is 391 g/mol. The summed E-state index contributed by atoms with van der Waals surface area (Å²) in [6.45, 7) is 2.31. The Balaban J connectivity index is 1.63. The Bertz CT molecular complexity index is 898. The fourth-order valence-electron chi connectivity index (χ4n) is 2.72. The van der Waals surface area contributed by atoms with Gasteiger partial charge in [-0.05, 0) is 43.2 Å². The van der Waals surface area contributed by atoms with Crippen LogP contribution in [0.1, 0.15) is 12.0 Å². The number of sulfonamides is 1. The molecule has 2 aromatic rings. The molecule has 9 heteroatoms. The fraction of sp³-hybridized carbons (Fsp3) is 0.333. The van der Waals surface area contributed by atoms with Gasteiger partial charge in [-0.15, -0.1) is 0 Å². The number of hydrogen-bond donors (Lipinski definition) is 1. The maximum Gasteiger partial charge on any atom is 0.255 e. The number of benzene rings is 1. The largest absolute Gasteiger partial charge is 0.484 e. The second kappa shape index (κ2) is 7.93. The summed E-state index contributed by atoms with van der Waals surface area (Å²) >= 11 is 0. The molecule has 1 fully saturated rings. The molecule has 2 heterocycles. The number of ether oxygens (including phenoxy) is 2. The van der Waals surface area contributed by atoms with Crippen LogP contribution >= 0.6 is 0 Å². The molecule has 0 saturated carbocycles. The molecule has 1 amide bonds. The lowest BCUT2D eigenvalue weighted by Gasteiger charge is -2.17. The Morgan fingerprint density at radius 3 is 2.63 bits per heavy atom. The molecule has 1 saturated heterocycles. The van der Waals surface area contributed by atoms with Gasteiger partial charge in [0.05, 0.1) is 11.4 Å². The van der Waals surface area contributed by atoms with Crippen molar-refractivity contribution in [2.24, 2.45) is 5.73 Å². The van der Waals surface area contributed by atoms with Gasteiger partial charge in [0.1, 0.15) is 11.9 Å². The van der Waals surface area contributed by atoms with Gasteiger partial charge in [-0.2, -0.15) is 4.31 Å². The molecule has 27 heavy (non-hydrogen) atoms. The topological polar surface area (TPSA) is 112 Å². The molecule has 8 nitrogen and oxygen atoms in total. The van der Waals surface area contributed by atoms with Gasteiger partial charge in [0, 0.05) is 18.8 Å². The molecule has 0 aliphatic carbocycles. The molecule has 1 atom stereocenters. The van der Waals surface area contributed by atoms with E-state index in [0.29, 0.717) is 24.6 Å². The van der Waals surface area contributed by atoms with Crippen molar-refractivity contribution in [2.75, 3.05) is 19.7 Å². The first-order valence-corrected chi connectivity index (χ1v) is 9.89. The third kappa shape index (κ3) is 4.75. The minimum absolute atomic E-state index is 0.156. The molecule has 1 aliphatic heterocycles. The van der Waals surface area contributed by atoms with Crippen LogP contribution in [-0.4, -0.2) is 49.4 Å². The quantitative estimate of drug-likeness (QED) is 0.756. The molecular weight excluding hydrogens is 370 g/mol. The SMILES string of the molecule is Cc1ccc(OC2CCN(S(=O)(=O)c3ccc(OCC(N)=O)cc3)C2)nc1. The van der Waals surface area contributed by atoms with Crippen LogP contribution in [0.25, 0.3) is 0 Å². The average Bonchev–Trinajstić information content (AvgIpc) is 3.12. The maximum atomic E-state index is 12.8. The molecule has 0 bridgehead atoms. The molecule has 144 valence electrons. The lowest BCUT2D eigenvalue weighted by molar-refractivity contribution is -0.119. The van der Waals surface area contributed by atoms with Crippen LogP contribution in [0.2, 0.25) is 0 Å². The van der Waals surface area contributed by atoms with Crippen molar-refractivity contribution in [3.63, 3.8) is 0 Å². The van der Waals surface area contributed by atoms with Gasteiger partial charge in [0.25, 0.3) is 5.91 Å². The molecule has 1 unspecified atom stereocenters. The number of nitrogens with zero attached hydrogens (tertiary/aromatic N) is 2. The standard InChI is InChI=1S/C18H21N3O5S/c1-13-2-7-18(20-10-13)26-15-8-9-21(11-15)27(23,24)16-5-3-14(4-6-16)25-12-17(19)22/h2-7,10,15H,8-9,11-12H2,1H3,(H2,19,22). The van der Waals surface area contributed by atoms with Crippen molar-refractivity contribution in [3.05, 3.63) is 48.2 Å². The van der Waals surface area contributed by atoms with Crippen molar-refractivity contribution in [1.29, 1.82) is 0 Å². The summed E-state index contributed by atoms with van der Waals surface area (Å²) in [5.41, 5.74) is 6.04. The minimum Gasteiger partial charge on any atom is -0.484 e. The van der Waals surface area contributed by atoms with Crippen LogP contribution in [0.15, 0.2) is 47.5 Å². The van der Waals surface area contributed by atoms with E-state index < -0.39 is 15.9 Å². The zero-order valence-corrected chi connectivity index (χ0v) is 15.7. The first-order valence-electron chi connectivity index (χ1n) is 8.45. The molecule has 0 radical (unpaired) electrons. The normalized spacial score (nSPS) is 17.6. The van der Waals surface area contributed by atoms with Crippen LogP contribution in [0, 0.1) is 6.92 Å². The number of rotatable bonds is 7. The lowest BCUT2D eigenvalue weighted by atomic mass is 10.3. The summed E-state index contributed by atoms with van der Waals surface area (Å²) in [5, 5.41) is 0. The Morgan fingerprint density at radius 1 is 1.26 bits per heavy atom. The third-order valence-electron chi connectivity index (χ3n) is 4.12. The number of primary amides is 1. The highest BCUT2D eigenvalue weighted by atomic mass is 32.2. The summed E-state index contributed by atoms with van der Waals surface area (Å²) in [4.78, 5) is 15.1. The molecule has 0 spiro atoms. The number of carbonyl (C=O) groups excluding carboxylic acids is 1. The van der Waals surface area contributed by atoms with Gasteiger partial charge in [-0.3, -0.25) is 4.79 Å². The van der Waals surface area contributed by atoms with E-state index in [1.165, 1.54) is 28.6 Å². The van der Waals surface area contributed by atoms with Gasteiger partial charge in [-0.1, -0.05) is 6.07 Å². The summed E-state index contributed by atoms with van der Waals surface area (Å²) in [6, 6.07) is 9.56. The Morgan fingerprint density at radius 2 is 2.00 bits per heavy atom. The van der Waals surface area contributed by atoms with Crippen molar-refractivity contribution in [1.82, 2.24) is 9.29 Å². The van der Waals surface area contributed by atoms with Gasteiger partial charge in [0.2, 0.25) is 15.9 Å². The van der Waals surface area contributed by atoms with E-state index in [1.807, 2.05) is 13.0 Å². The second-order valence-corrected chi connectivity index (χ2v) is 8.23. The zero-order valence-electron chi connectivity index (χ0n) is 14.9. The van der Waals surface area contributed by atoms with Crippen molar-refractivity contribution in [3.8, 4) is 11.6 Å². The monoisotopic (exact) mass is 391 g/mol. The van der Waals surface area contributed by atoms with E-state index in [1.54, 1.807) is 12.3 Å². The van der Waals surface area contributed by atoms with Crippen LogP contribution in [0.3, 0.4) is 0 Å². The lowest BCUT2D eigenvalue weighted by Crippen LogP contribution is -2.31. The van der Waals surface area contributed by atoms with Crippen LogP contribution in [0.5, 0.6) is 11.6 Å². The van der Waals surface area contributed by atoms with E-state index in [9.17, 15) is 13.2 Å². The van der Waals surface area contributed by atoms with Gasteiger partial charge < -0.3 is 15.2 Å². The number of aryl methyl sites for hydroxylation is 1. The summed E-state index contributed by atoms with van der Waals surface area (Å²) in [5.74, 6) is 0.263. The van der Waals surface area contributed by atoms with E-state index in [0.717, 1.165) is 5.56 Å². The Labute approximate surface area is 158 Å². The number of aromatic nitrogens is 1. The highest BCUT2D eigenvalue weighted by molar-refractivity contribution is 7.89. The zero-order chi connectivity index (χ0) is 19.4. The summed E-state index contributed by atoms with van der Waals surface area (Å²) < 4.78 is 37.9. The number of carbonyl (C=O) groups is 1. The Hall–Kier alpha value is -2.65. The van der Waals surface area contributed by atoms with Gasteiger partial charge >= 0.3 is 0 Å². The smallest absolute Gasteiger partial charge is 0.255 e. The number of hydrogen-bond acceptors (Lipinski definition) is 6. The molecule has 1 aliphatic rings. The summed E-state index contributed by atoms with van der Waals surface area (Å²) in [7, 11) is -3.63. The Kier molecular flexibility index (Phi) is 5.62. The number of pyridine rings is 1. The van der Waals surface area contributed by atoms with E-state index in [2.05, 4.69) is 4.98 Å². The van der Waals surface area contributed by atoms with Crippen molar-refractivity contribution >= 4 is 15.9 Å². The first kappa shape index (κ1) is 19.1. The van der Waals surface area contributed by atoms with Crippen LogP contribution in [-0.2, 0) is 14.8 Å². The molecule has 2 N–H and O–H groups in total. The highest BCUT2D eigenvalue weighted by Gasteiger charge is 2.33. The number of amides is 1. The van der Waals surface area contributed by atoms with E-state index in [4.69, 9.17) is 15.2 Å². The van der Waals surface area contributed by atoms with Crippen LogP contribution in [0.4, 0.5) is 0 Å². The van der Waals surface area contributed by atoms with Crippen molar-refractivity contribution in [2.45, 2.75) is 24.3 Å². The first-order chi connectivity index (χ1) is 12.8. The highest BCUT2D eigenvalue weighted by Crippen LogP contribution is 2.25. The van der Waals surface area contributed by atoms with Gasteiger partial charge in [0.15, 0.2) is 6.61 Å². The predicted octanol–water partition coefficient (Wildman–Crippen LogP) is 1.10. The molecule has 3 rings (SSSR count). The van der Waals surface area contributed by atoms with Crippen molar-refractivity contribution < 1.29 is 22.7 Å². The molecule has 1 aromatic carbocycles. The fourth-order valence-corrected chi connectivity index (χ4v) is 4.20. The van der Waals surface area contributed by atoms with Gasteiger partial charge in [-0.25, -0.2) is 13.4 Å². The minimum atomic E-state index is -3.63. The molecular formula is C18H21N3O5S. The van der Waals surface area contributed by atoms with E-state index >= 15 is 0 Å². The number of nitrogens with two attached hydrogens (primary N) is 1.